The molecule has 2 fully saturated rings. The SMILES string of the molecule is N#Cc1cc(Cl)ccc1NC1C2CNCC21. The summed E-state index contributed by atoms with van der Waals surface area (Å²) in [5.41, 5.74) is 1.54. The van der Waals surface area contributed by atoms with Gasteiger partial charge >= 0.3 is 0 Å². The Morgan fingerprint density at radius 1 is 1.38 bits per heavy atom. The van der Waals surface area contributed by atoms with E-state index in [1.165, 1.54) is 0 Å². The first-order valence-corrected chi connectivity index (χ1v) is 5.84. The molecule has 2 unspecified atom stereocenters. The zero-order chi connectivity index (χ0) is 11.1. The summed E-state index contributed by atoms with van der Waals surface area (Å²) in [6.07, 6.45) is 0. The van der Waals surface area contributed by atoms with Crippen LogP contribution in [-0.2, 0) is 0 Å². The van der Waals surface area contributed by atoms with E-state index in [2.05, 4.69) is 16.7 Å². The lowest BCUT2D eigenvalue weighted by molar-refractivity contribution is 0.697. The fraction of sp³-hybridized carbons (Fsp3) is 0.417. The second kappa shape index (κ2) is 3.65. The van der Waals surface area contributed by atoms with E-state index in [4.69, 9.17) is 16.9 Å². The normalized spacial score (nSPS) is 30.6. The Kier molecular flexibility index (Phi) is 2.27. The van der Waals surface area contributed by atoms with E-state index in [-0.39, 0.29) is 0 Å². The van der Waals surface area contributed by atoms with Crippen LogP contribution in [0.4, 0.5) is 5.69 Å². The molecule has 1 saturated heterocycles. The third kappa shape index (κ3) is 1.55. The maximum Gasteiger partial charge on any atom is 0.101 e. The molecule has 3 nitrogen and oxygen atoms in total. The highest BCUT2D eigenvalue weighted by atomic mass is 35.5. The van der Waals surface area contributed by atoms with Crippen LogP contribution in [0.15, 0.2) is 18.2 Å². The van der Waals surface area contributed by atoms with Crippen LogP contribution in [0.1, 0.15) is 5.56 Å². The van der Waals surface area contributed by atoms with Crippen LogP contribution in [0.3, 0.4) is 0 Å². The molecule has 2 atom stereocenters. The predicted molar refractivity (Wildman–Crippen MR) is 63.4 cm³/mol. The van der Waals surface area contributed by atoms with E-state index in [1.54, 1.807) is 6.07 Å². The zero-order valence-electron chi connectivity index (χ0n) is 8.70. The van der Waals surface area contributed by atoms with Crippen LogP contribution in [0.2, 0.25) is 5.02 Å². The Morgan fingerprint density at radius 3 is 2.81 bits per heavy atom. The number of rotatable bonds is 2. The summed E-state index contributed by atoms with van der Waals surface area (Å²) in [6.45, 7) is 2.19. The van der Waals surface area contributed by atoms with Gasteiger partial charge in [0.2, 0.25) is 0 Å². The minimum absolute atomic E-state index is 0.537. The van der Waals surface area contributed by atoms with Gasteiger partial charge in [-0.25, -0.2) is 0 Å². The average Bonchev–Trinajstić information content (AvgIpc) is 2.75. The first-order chi connectivity index (χ1) is 7.79. The number of piperidine rings is 1. The highest BCUT2D eigenvalue weighted by Crippen LogP contribution is 2.44. The summed E-state index contributed by atoms with van der Waals surface area (Å²) >= 11 is 5.85. The second-order valence-corrected chi connectivity index (χ2v) is 4.89. The standard InChI is InChI=1S/C12H12ClN3/c13-8-1-2-11(7(3-8)4-14)16-12-9-5-15-6-10(9)12/h1-3,9-10,12,15-16H,5-6H2. The molecule has 1 aromatic carbocycles. The first kappa shape index (κ1) is 9.95. The van der Waals surface area contributed by atoms with Crippen molar-refractivity contribution in [3.63, 3.8) is 0 Å². The molecule has 0 aromatic heterocycles. The molecule has 1 aliphatic carbocycles. The van der Waals surface area contributed by atoms with Crippen molar-refractivity contribution < 1.29 is 0 Å². The van der Waals surface area contributed by atoms with Crippen molar-refractivity contribution in [2.45, 2.75) is 6.04 Å². The molecule has 0 spiro atoms. The van der Waals surface area contributed by atoms with Crippen molar-refractivity contribution >= 4 is 17.3 Å². The number of fused-ring (bicyclic) bond motifs is 1. The van der Waals surface area contributed by atoms with Crippen LogP contribution in [0, 0.1) is 23.2 Å². The van der Waals surface area contributed by atoms with Crippen molar-refractivity contribution in [2.24, 2.45) is 11.8 Å². The zero-order valence-corrected chi connectivity index (χ0v) is 9.46. The van der Waals surface area contributed by atoms with Crippen LogP contribution >= 0.6 is 11.6 Å². The maximum atomic E-state index is 9.02. The molecule has 2 N–H and O–H groups in total. The van der Waals surface area contributed by atoms with Gasteiger partial charge in [-0.2, -0.15) is 5.26 Å². The number of nitrogens with zero attached hydrogens (tertiary/aromatic N) is 1. The summed E-state index contributed by atoms with van der Waals surface area (Å²) in [6, 6.07) is 8.13. The van der Waals surface area contributed by atoms with Crippen molar-refractivity contribution in [2.75, 3.05) is 18.4 Å². The number of hydrogen-bond acceptors (Lipinski definition) is 3. The number of halogens is 1. The minimum Gasteiger partial charge on any atom is -0.381 e. The Morgan fingerprint density at radius 2 is 2.12 bits per heavy atom. The Balaban J connectivity index is 1.78. The summed E-state index contributed by atoms with van der Waals surface area (Å²) in [4.78, 5) is 0. The molecule has 16 heavy (non-hydrogen) atoms. The van der Waals surface area contributed by atoms with Gasteiger partial charge in [-0.05, 0) is 30.0 Å². The summed E-state index contributed by atoms with van der Waals surface area (Å²) in [7, 11) is 0. The van der Waals surface area contributed by atoms with Crippen molar-refractivity contribution in [1.82, 2.24) is 5.32 Å². The molecule has 1 saturated carbocycles. The molecular weight excluding hydrogens is 222 g/mol. The van der Waals surface area contributed by atoms with Crippen molar-refractivity contribution in [1.29, 1.82) is 5.26 Å². The molecule has 0 radical (unpaired) electrons. The lowest BCUT2D eigenvalue weighted by Gasteiger charge is -2.10. The lowest BCUT2D eigenvalue weighted by Crippen LogP contribution is -2.21. The molecule has 1 aromatic rings. The highest BCUT2D eigenvalue weighted by molar-refractivity contribution is 6.30. The molecule has 4 heteroatoms. The minimum atomic E-state index is 0.537. The molecule has 1 heterocycles. The topological polar surface area (TPSA) is 47.9 Å². The van der Waals surface area contributed by atoms with E-state index < -0.39 is 0 Å². The molecule has 0 amide bonds. The molecule has 2 aliphatic rings. The monoisotopic (exact) mass is 233 g/mol. The highest BCUT2D eigenvalue weighted by Gasteiger charge is 2.52. The number of anilines is 1. The van der Waals surface area contributed by atoms with Gasteiger partial charge in [0.05, 0.1) is 11.3 Å². The van der Waals surface area contributed by atoms with E-state index in [0.717, 1.165) is 30.6 Å². The van der Waals surface area contributed by atoms with Gasteiger partial charge in [-0.15, -0.1) is 0 Å². The second-order valence-electron chi connectivity index (χ2n) is 4.46. The van der Waals surface area contributed by atoms with E-state index in [9.17, 15) is 0 Å². The van der Waals surface area contributed by atoms with Gasteiger partial charge < -0.3 is 10.6 Å². The summed E-state index contributed by atoms with van der Waals surface area (Å²) < 4.78 is 0. The third-order valence-corrected chi connectivity index (χ3v) is 3.75. The fourth-order valence-electron chi connectivity index (χ4n) is 2.55. The van der Waals surface area contributed by atoms with Gasteiger partial charge in [0.15, 0.2) is 0 Å². The molecule has 82 valence electrons. The van der Waals surface area contributed by atoms with Crippen molar-refractivity contribution in [3.05, 3.63) is 28.8 Å². The Labute approximate surface area is 99.4 Å². The number of nitrogens with one attached hydrogen (secondary N) is 2. The predicted octanol–water partition coefficient (Wildman–Crippen LogP) is 1.84. The third-order valence-electron chi connectivity index (χ3n) is 3.52. The first-order valence-electron chi connectivity index (χ1n) is 5.46. The fourth-order valence-corrected chi connectivity index (χ4v) is 2.72. The van der Waals surface area contributed by atoms with Crippen LogP contribution in [-0.4, -0.2) is 19.1 Å². The van der Waals surface area contributed by atoms with Gasteiger partial charge in [-0.3, -0.25) is 0 Å². The van der Waals surface area contributed by atoms with E-state index in [0.29, 0.717) is 16.6 Å². The summed E-state index contributed by atoms with van der Waals surface area (Å²) in [5.74, 6) is 1.48. The van der Waals surface area contributed by atoms with Gasteiger partial charge in [0, 0.05) is 24.2 Å². The van der Waals surface area contributed by atoms with Gasteiger partial charge in [-0.1, -0.05) is 11.6 Å². The quantitative estimate of drug-likeness (QED) is 0.820. The number of benzene rings is 1. The smallest absolute Gasteiger partial charge is 0.101 e. The van der Waals surface area contributed by atoms with E-state index >= 15 is 0 Å². The molecular formula is C12H12ClN3. The van der Waals surface area contributed by atoms with Crippen LogP contribution < -0.4 is 10.6 Å². The largest absolute Gasteiger partial charge is 0.381 e. The molecule has 1 aliphatic heterocycles. The van der Waals surface area contributed by atoms with Crippen molar-refractivity contribution in [3.8, 4) is 6.07 Å². The number of nitriles is 1. The maximum absolute atomic E-state index is 9.02. The summed E-state index contributed by atoms with van der Waals surface area (Å²) in [5, 5.41) is 16.4. The van der Waals surface area contributed by atoms with Crippen LogP contribution in [0.25, 0.3) is 0 Å². The van der Waals surface area contributed by atoms with E-state index in [1.807, 2.05) is 12.1 Å². The average molecular weight is 234 g/mol. The van der Waals surface area contributed by atoms with Crippen LogP contribution in [0.5, 0.6) is 0 Å². The van der Waals surface area contributed by atoms with Gasteiger partial charge in [0.1, 0.15) is 6.07 Å². The Bertz CT molecular complexity index is 456. The lowest BCUT2D eigenvalue weighted by atomic mass is 10.2. The molecule has 0 bridgehead atoms. The Hall–Kier alpha value is -1.24. The van der Waals surface area contributed by atoms with Gasteiger partial charge in [0.25, 0.3) is 0 Å². The number of hydrogen-bond donors (Lipinski definition) is 2. The molecule has 3 rings (SSSR count).